The molecule has 8 rings (SSSR count). The van der Waals surface area contributed by atoms with Gasteiger partial charge in [-0.3, -0.25) is 0 Å². The lowest BCUT2D eigenvalue weighted by Crippen LogP contribution is -2.16. The van der Waals surface area contributed by atoms with Crippen molar-refractivity contribution in [2.24, 2.45) is 0 Å². The van der Waals surface area contributed by atoms with E-state index in [-0.39, 0.29) is 0 Å². The van der Waals surface area contributed by atoms with E-state index < -0.39 is 0 Å². The fourth-order valence-corrected chi connectivity index (χ4v) is 6.86. The molecule has 0 saturated carbocycles. The third-order valence-corrected chi connectivity index (χ3v) is 9.51. The quantitative estimate of drug-likeness (QED) is 0.143. The van der Waals surface area contributed by atoms with Crippen LogP contribution in [0.4, 0.5) is 34.1 Å². The molecule has 6 heteroatoms. The molecule has 0 amide bonds. The number of hydrogen-bond acceptors (Lipinski definition) is 4. The fourth-order valence-electron chi connectivity index (χ4n) is 6.59. The maximum atomic E-state index is 6.53. The number of ether oxygens (including phenoxy) is 2. The predicted molar refractivity (Wildman–Crippen MR) is 199 cm³/mol. The van der Waals surface area contributed by atoms with Crippen molar-refractivity contribution in [3.63, 3.8) is 0 Å². The van der Waals surface area contributed by atoms with Crippen molar-refractivity contribution in [2.75, 3.05) is 21.6 Å². The Balaban J connectivity index is 1.15. The molecule has 48 heavy (non-hydrogen) atoms. The van der Waals surface area contributed by atoms with E-state index in [1.165, 1.54) is 11.1 Å². The minimum atomic E-state index is 0.666. The normalized spacial score (nSPS) is 12.7. The number of para-hydroxylation sites is 4. The van der Waals surface area contributed by atoms with Gasteiger partial charge in [0, 0.05) is 23.1 Å². The zero-order valence-electron chi connectivity index (χ0n) is 26.4. The van der Waals surface area contributed by atoms with Gasteiger partial charge in [0.2, 0.25) is 0 Å². The molecule has 6 aromatic carbocycles. The summed E-state index contributed by atoms with van der Waals surface area (Å²) < 4.78 is 13.1. The van der Waals surface area contributed by atoms with Crippen molar-refractivity contribution in [1.82, 2.24) is 0 Å². The maximum absolute atomic E-state index is 6.53. The molecule has 0 atom stereocenters. The molecule has 0 spiro atoms. The molecule has 2 heterocycles. The summed E-state index contributed by atoms with van der Waals surface area (Å²) in [6.45, 7) is 0. The molecule has 0 unspecified atom stereocenters. The van der Waals surface area contributed by atoms with Crippen LogP contribution in [-0.4, -0.2) is 11.8 Å². The minimum Gasteiger partial charge on any atom is -0.453 e. The van der Waals surface area contributed by atoms with Gasteiger partial charge in [0.05, 0.1) is 22.7 Å². The third kappa shape index (κ3) is 5.76. The van der Waals surface area contributed by atoms with Crippen molar-refractivity contribution < 1.29 is 9.47 Å². The number of aryl methyl sites for hydroxylation is 2. The number of hydrogen-bond donors (Lipinski definition) is 0. The Labute approximate surface area is 291 Å². The number of halogens is 2. The van der Waals surface area contributed by atoms with Crippen LogP contribution in [0.1, 0.15) is 24.0 Å². The van der Waals surface area contributed by atoms with Crippen LogP contribution < -0.4 is 19.3 Å². The molecule has 0 aliphatic carbocycles. The number of anilines is 6. The Bertz CT molecular complexity index is 1930. The summed E-state index contributed by atoms with van der Waals surface area (Å²) in [5, 5.41) is 0. The van der Waals surface area contributed by atoms with E-state index in [2.05, 4.69) is 107 Å². The van der Waals surface area contributed by atoms with Gasteiger partial charge in [0.25, 0.3) is 0 Å². The second kappa shape index (κ2) is 13.3. The number of fused-ring (bicyclic) bond motifs is 4. The van der Waals surface area contributed by atoms with Gasteiger partial charge >= 0.3 is 0 Å². The van der Waals surface area contributed by atoms with Gasteiger partial charge in [-0.15, -0.1) is 23.2 Å². The average molecular weight is 670 g/mol. The van der Waals surface area contributed by atoms with Crippen LogP contribution in [-0.2, 0) is 12.8 Å². The molecule has 0 N–H and O–H groups in total. The summed E-state index contributed by atoms with van der Waals surface area (Å²) in [4.78, 5) is 4.55. The zero-order valence-corrected chi connectivity index (χ0v) is 27.9. The molecule has 2 aliphatic heterocycles. The van der Waals surface area contributed by atoms with Crippen LogP contribution in [0.25, 0.3) is 11.1 Å². The molecule has 6 aromatic rings. The monoisotopic (exact) mass is 668 g/mol. The first-order chi connectivity index (χ1) is 23.7. The van der Waals surface area contributed by atoms with Crippen molar-refractivity contribution in [1.29, 1.82) is 0 Å². The molecule has 0 bridgehead atoms. The summed E-state index contributed by atoms with van der Waals surface area (Å²) in [5.74, 6) is 4.58. The molecule has 0 radical (unpaired) electrons. The number of alkyl halides is 2. The molecule has 0 aromatic heterocycles. The van der Waals surface area contributed by atoms with Gasteiger partial charge in [-0.1, -0.05) is 60.7 Å². The second-order valence-electron chi connectivity index (χ2n) is 12.1. The summed E-state index contributed by atoms with van der Waals surface area (Å²) in [6, 6.07) is 46.8. The van der Waals surface area contributed by atoms with E-state index in [1.807, 2.05) is 36.4 Å². The van der Waals surface area contributed by atoms with Crippen LogP contribution >= 0.6 is 23.2 Å². The van der Waals surface area contributed by atoms with E-state index in [0.29, 0.717) is 11.8 Å². The van der Waals surface area contributed by atoms with Gasteiger partial charge in [-0.25, -0.2) is 0 Å². The summed E-state index contributed by atoms with van der Waals surface area (Å²) in [7, 11) is 0. The van der Waals surface area contributed by atoms with E-state index in [1.54, 1.807) is 0 Å². The largest absolute Gasteiger partial charge is 0.453 e. The maximum Gasteiger partial charge on any atom is 0.152 e. The topological polar surface area (TPSA) is 24.9 Å². The van der Waals surface area contributed by atoms with Gasteiger partial charge in [0.15, 0.2) is 23.0 Å². The predicted octanol–water partition coefficient (Wildman–Crippen LogP) is 12.8. The van der Waals surface area contributed by atoms with E-state index in [4.69, 9.17) is 32.7 Å². The fraction of sp³-hybridized carbons (Fsp3) is 0.143. The first-order valence-corrected chi connectivity index (χ1v) is 17.5. The summed E-state index contributed by atoms with van der Waals surface area (Å²) in [5.41, 5.74) is 10.8. The Kier molecular flexibility index (Phi) is 8.44. The smallest absolute Gasteiger partial charge is 0.152 e. The standard InChI is InChI=1S/C42H34Cl2N2O2/c43-25-5-7-29-13-19-33(20-14-29)45-35-9-1-3-11-39(35)47-41-27-31(17-23-37(41)45)32-18-24-38-42(28-32)48-40-12-4-2-10-36(40)46(38)34-21-15-30(16-22-34)8-6-26-44/h1-4,9-24,27-28H,5-8,25-26H2. The SMILES string of the molecule is ClCCCc1ccc(N2c3ccccc3Oc3cc(-c4ccc5c(c4)Oc4ccccc4N5c4ccc(CCCCl)cc4)ccc32)cc1. The number of benzene rings is 6. The highest BCUT2D eigenvalue weighted by atomic mass is 35.5. The van der Waals surface area contributed by atoms with Crippen LogP contribution in [0, 0.1) is 0 Å². The van der Waals surface area contributed by atoms with Gasteiger partial charge in [-0.2, -0.15) is 0 Å². The van der Waals surface area contributed by atoms with Crippen LogP contribution in [0.5, 0.6) is 23.0 Å². The van der Waals surface area contributed by atoms with Crippen molar-refractivity contribution in [3.05, 3.63) is 145 Å². The number of nitrogens with zero attached hydrogens (tertiary/aromatic N) is 2. The summed E-state index contributed by atoms with van der Waals surface area (Å²) in [6.07, 6.45) is 3.87. The minimum absolute atomic E-state index is 0.666. The lowest BCUT2D eigenvalue weighted by Gasteiger charge is -2.34. The van der Waals surface area contributed by atoms with Crippen LogP contribution in [0.2, 0.25) is 0 Å². The zero-order chi connectivity index (χ0) is 32.5. The van der Waals surface area contributed by atoms with Crippen molar-refractivity contribution in [3.8, 4) is 34.1 Å². The lowest BCUT2D eigenvalue weighted by molar-refractivity contribution is 0.476. The first kappa shape index (κ1) is 30.4. The van der Waals surface area contributed by atoms with Gasteiger partial charge in [0.1, 0.15) is 0 Å². The Morgan fingerprint density at radius 1 is 0.417 bits per heavy atom. The molecule has 238 valence electrons. The molecule has 0 saturated heterocycles. The Morgan fingerprint density at radius 3 is 1.23 bits per heavy atom. The van der Waals surface area contributed by atoms with Gasteiger partial charge < -0.3 is 19.3 Å². The number of rotatable bonds is 9. The van der Waals surface area contributed by atoms with Crippen molar-refractivity contribution >= 4 is 57.3 Å². The Hall–Kier alpha value is -4.90. The first-order valence-electron chi connectivity index (χ1n) is 16.4. The van der Waals surface area contributed by atoms with Gasteiger partial charge in [-0.05, 0) is 121 Å². The second-order valence-corrected chi connectivity index (χ2v) is 12.8. The highest BCUT2D eigenvalue weighted by Gasteiger charge is 2.28. The molecular weight excluding hydrogens is 635 g/mol. The molecular formula is C42H34Cl2N2O2. The third-order valence-electron chi connectivity index (χ3n) is 8.97. The highest BCUT2D eigenvalue weighted by Crippen LogP contribution is 2.53. The van der Waals surface area contributed by atoms with E-state index in [0.717, 1.165) is 93.9 Å². The highest BCUT2D eigenvalue weighted by molar-refractivity contribution is 6.18. The Morgan fingerprint density at radius 2 is 0.812 bits per heavy atom. The molecule has 4 nitrogen and oxygen atoms in total. The molecule has 2 aliphatic rings. The van der Waals surface area contributed by atoms with Crippen molar-refractivity contribution in [2.45, 2.75) is 25.7 Å². The lowest BCUT2D eigenvalue weighted by atomic mass is 10.0. The van der Waals surface area contributed by atoms with Crippen LogP contribution in [0.15, 0.2) is 133 Å². The van der Waals surface area contributed by atoms with E-state index >= 15 is 0 Å². The summed E-state index contributed by atoms with van der Waals surface area (Å²) >= 11 is 11.9. The van der Waals surface area contributed by atoms with Crippen LogP contribution in [0.3, 0.4) is 0 Å². The molecule has 0 fully saturated rings. The average Bonchev–Trinajstić information content (AvgIpc) is 3.14. The van der Waals surface area contributed by atoms with E-state index in [9.17, 15) is 0 Å².